The molecular formula is C22H20ClF3N4O2. The summed E-state index contributed by atoms with van der Waals surface area (Å²) >= 11 is 5.95. The standard InChI is InChI=1S/C22H20ClF3N4O2/c23-17-9-7-15(8-10-17)20-28-30(21(32)29(20)12-14-5-6-14)13-19(31)27-11-16-3-1-2-4-18(16)22(24,25)26/h1-4,7-10,14H,5-6,11-13H2,(H,27,31). The number of carbonyl (C=O) groups excluding carboxylic acids is 1. The Labute approximate surface area is 186 Å². The number of nitrogens with zero attached hydrogens (tertiary/aromatic N) is 3. The van der Waals surface area contributed by atoms with Crippen molar-refractivity contribution in [3.8, 4) is 11.4 Å². The molecule has 10 heteroatoms. The van der Waals surface area contributed by atoms with E-state index in [0.717, 1.165) is 23.6 Å². The maximum Gasteiger partial charge on any atom is 0.416 e. The maximum atomic E-state index is 13.1. The van der Waals surface area contributed by atoms with Crippen molar-refractivity contribution < 1.29 is 18.0 Å². The van der Waals surface area contributed by atoms with E-state index in [1.807, 2.05) is 0 Å². The highest BCUT2D eigenvalue weighted by atomic mass is 35.5. The van der Waals surface area contributed by atoms with Gasteiger partial charge in [0.15, 0.2) is 5.82 Å². The number of amides is 1. The summed E-state index contributed by atoms with van der Waals surface area (Å²) in [7, 11) is 0. The summed E-state index contributed by atoms with van der Waals surface area (Å²) in [6.07, 6.45) is -2.47. The third-order valence-electron chi connectivity index (χ3n) is 5.26. The summed E-state index contributed by atoms with van der Waals surface area (Å²) in [5.41, 5.74) is -0.615. The number of hydrogen-bond acceptors (Lipinski definition) is 3. The van der Waals surface area contributed by atoms with Gasteiger partial charge in [-0.2, -0.15) is 13.2 Å². The highest BCUT2D eigenvalue weighted by Gasteiger charge is 2.33. The number of hydrogen-bond donors (Lipinski definition) is 1. The van der Waals surface area contributed by atoms with Crippen LogP contribution in [-0.4, -0.2) is 20.3 Å². The first-order valence-electron chi connectivity index (χ1n) is 10.1. The molecule has 0 radical (unpaired) electrons. The van der Waals surface area contributed by atoms with Crippen LogP contribution in [0.15, 0.2) is 53.3 Å². The molecule has 1 amide bonds. The van der Waals surface area contributed by atoms with Crippen molar-refractivity contribution in [1.29, 1.82) is 0 Å². The molecule has 1 aromatic heterocycles. The van der Waals surface area contributed by atoms with Crippen LogP contribution < -0.4 is 11.0 Å². The molecule has 1 saturated carbocycles. The van der Waals surface area contributed by atoms with Gasteiger partial charge in [-0.05, 0) is 54.7 Å². The van der Waals surface area contributed by atoms with E-state index in [1.165, 1.54) is 22.8 Å². The van der Waals surface area contributed by atoms with Crippen molar-refractivity contribution in [1.82, 2.24) is 19.7 Å². The molecule has 0 saturated heterocycles. The van der Waals surface area contributed by atoms with Crippen LogP contribution in [0, 0.1) is 5.92 Å². The molecule has 1 aliphatic rings. The van der Waals surface area contributed by atoms with Gasteiger partial charge in [-0.1, -0.05) is 29.8 Å². The molecule has 6 nitrogen and oxygen atoms in total. The van der Waals surface area contributed by atoms with E-state index in [-0.39, 0.29) is 12.1 Å². The molecule has 3 aromatic rings. The Morgan fingerprint density at radius 1 is 1.12 bits per heavy atom. The van der Waals surface area contributed by atoms with Crippen molar-refractivity contribution in [3.05, 3.63) is 75.2 Å². The van der Waals surface area contributed by atoms with Crippen LogP contribution in [0.25, 0.3) is 11.4 Å². The van der Waals surface area contributed by atoms with E-state index in [2.05, 4.69) is 10.4 Å². The fraction of sp³-hybridized carbons (Fsp3) is 0.318. The minimum atomic E-state index is -4.52. The highest BCUT2D eigenvalue weighted by molar-refractivity contribution is 6.30. The van der Waals surface area contributed by atoms with E-state index in [1.54, 1.807) is 24.3 Å². The molecule has 4 rings (SSSR count). The lowest BCUT2D eigenvalue weighted by Gasteiger charge is -2.13. The third kappa shape index (κ3) is 5.04. The van der Waals surface area contributed by atoms with Gasteiger partial charge in [0.05, 0.1) is 5.56 Å². The SMILES string of the molecule is O=C(Cn1nc(-c2ccc(Cl)cc2)n(CC2CC2)c1=O)NCc1ccccc1C(F)(F)F. The van der Waals surface area contributed by atoms with Gasteiger partial charge < -0.3 is 5.32 Å². The van der Waals surface area contributed by atoms with E-state index in [9.17, 15) is 22.8 Å². The normalized spacial score (nSPS) is 13.9. The zero-order valence-electron chi connectivity index (χ0n) is 16.9. The fourth-order valence-electron chi connectivity index (χ4n) is 3.42. The number of carbonyl (C=O) groups is 1. The van der Waals surface area contributed by atoms with Crippen molar-refractivity contribution in [2.24, 2.45) is 5.92 Å². The zero-order chi connectivity index (χ0) is 22.9. The minimum absolute atomic E-state index is 0.0539. The average molecular weight is 465 g/mol. The largest absolute Gasteiger partial charge is 0.416 e. The quantitative estimate of drug-likeness (QED) is 0.572. The van der Waals surface area contributed by atoms with Crippen LogP contribution in [0.3, 0.4) is 0 Å². The van der Waals surface area contributed by atoms with Crippen molar-refractivity contribution in [2.75, 3.05) is 0 Å². The summed E-state index contributed by atoms with van der Waals surface area (Å²) in [6, 6.07) is 11.9. The number of alkyl halides is 3. The average Bonchev–Trinajstić information content (AvgIpc) is 3.53. The number of rotatable bonds is 7. The van der Waals surface area contributed by atoms with Crippen LogP contribution in [0.4, 0.5) is 13.2 Å². The molecule has 32 heavy (non-hydrogen) atoms. The predicted molar refractivity (Wildman–Crippen MR) is 113 cm³/mol. The van der Waals surface area contributed by atoms with Crippen molar-refractivity contribution >= 4 is 17.5 Å². The van der Waals surface area contributed by atoms with Crippen molar-refractivity contribution in [3.63, 3.8) is 0 Å². The molecule has 1 fully saturated rings. The molecule has 1 aliphatic carbocycles. The first kappa shape index (κ1) is 22.1. The Bertz CT molecular complexity index is 1180. The van der Waals surface area contributed by atoms with Gasteiger partial charge in [-0.3, -0.25) is 9.36 Å². The lowest BCUT2D eigenvalue weighted by atomic mass is 10.1. The lowest BCUT2D eigenvalue weighted by molar-refractivity contribution is -0.138. The Kier molecular flexibility index (Phi) is 6.10. The minimum Gasteiger partial charge on any atom is -0.350 e. The van der Waals surface area contributed by atoms with Gasteiger partial charge >= 0.3 is 11.9 Å². The van der Waals surface area contributed by atoms with Gasteiger partial charge in [-0.15, -0.1) is 5.10 Å². The first-order valence-corrected chi connectivity index (χ1v) is 10.5. The Morgan fingerprint density at radius 3 is 2.47 bits per heavy atom. The smallest absolute Gasteiger partial charge is 0.350 e. The van der Waals surface area contributed by atoms with Gasteiger partial charge in [0.25, 0.3) is 0 Å². The van der Waals surface area contributed by atoms with Gasteiger partial charge in [0.1, 0.15) is 6.54 Å². The van der Waals surface area contributed by atoms with E-state index in [0.29, 0.717) is 28.9 Å². The Balaban J connectivity index is 1.52. The Morgan fingerprint density at radius 2 is 1.81 bits per heavy atom. The second-order valence-corrected chi connectivity index (χ2v) is 8.19. The number of halogens is 4. The zero-order valence-corrected chi connectivity index (χ0v) is 17.7. The van der Waals surface area contributed by atoms with Crippen LogP contribution in [0.1, 0.15) is 24.0 Å². The van der Waals surface area contributed by atoms with Gasteiger partial charge in [0, 0.05) is 23.7 Å². The Hall–Kier alpha value is -3.07. The van der Waals surface area contributed by atoms with E-state index in [4.69, 9.17) is 11.6 Å². The molecule has 0 unspecified atom stereocenters. The van der Waals surface area contributed by atoms with Crippen LogP contribution in [-0.2, 0) is 30.6 Å². The highest BCUT2D eigenvalue weighted by Crippen LogP contribution is 2.32. The van der Waals surface area contributed by atoms with Gasteiger partial charge in [-0.25, -0.2) is 9.48 Å². The number of nitrogens with one attached hydrogen (secondary N) is 1. The lowest BCUT2D eigenvalue weighted by Crippen LogP contribution is -2.34. The third-order valence-corrected chi connectivity index (χ3v) is 5.51. The summed E-state index contributed by atoms with van der Waals surface area (Å²) in [5, 5.41) is 7.32. The first-order chi connectivity index (χ1) is 15.2. The summed E-state index contributed by atoms with van der Waals surface area (Å²) in [4.78, 5) is 25.3. The maximum absolute atomic E-state index is 13.1. The second kappa shape index (κ2) is 8.82. The molecule has 168 valence electrons. The predicted octanol–water partition coefficient (Wildman–Crippen LogP) is 4.11. The number of benzene rings is 2. The topological polar surface area (TPSA) is 68.9 Å². The monoisotopic (exact) mass is 464 g/mol. The van der Waals surface area contributed by atoms with Gasteiger partial charge in [0.2, 0.25) is 5.91 Å². The van der Waals surface area contributed by atoms with Crippen LogP contribution in [0.2, 0.25) is 5.02 Å². The van der Waals surface area contributed by atoms with Crippen LogP contribution in [0.5, 0.6) is 0 Å². The summed E-state index contributed by atoms with van der Waals surface area (Å²) in [6.45, 7) is -0.210. The molecule has 1 N–H and O–H groups in total. The molecule has 0 spiro atoms. The van der Waals surface area contributed by atoms with Crippen LogP contribution >= 0.6 is 11.6 Å². The van der Waals surface area contributed by atoms with E-state index >= 15 is 0 Å². The molecule has 1 heterocycles. The van der Waals surface area contributed by atoms with Crippen molar-refractivity contribution in [2.45, 2.75) is 38.7 Å². The summed E-state index contributed by atoms with van der Waals surface area (Å²) < 4.78 is 42.0. The molecule has 0 bridgehead atoms. The second-order valence-electron chi connectivity index (χ2n) is 7.76. The molecule has 2 aromatic carbocycles. The number of aromatic nitrogens is 3. The fourth-order valence-corrected chi connectivity index (χ4v) is 3.54. The molecular weight excluding hydrogens is 445 g/mol. The van der Waals surface area contributed by atoms with E-state index < -0.39 is 29.9 Å². The molecule has 0 aliphatic heterocycles. The summed E-state index contributed by atoms with van der Waals surface area (Å²) in [5.74, 6) is 0.209. The molecule has 0 atom stereocenters.